The number of nitrogens with zero attached hydrogens (tertiary/aromatic N) is 2. The Hall–Kier alpha value is -6.57. The van der Waals surface area contributed by atoms with Gasteiger partial charge in [0.1, 0.15) is 6.04 Å². The van der Waals surface area contributed by atoms with E-state index in [1.807, 2.05) is 0 Å². The van der Waals surface area contributed by atoms with Gasteiger partial charge in [-0.25, -0.2) is 0 Å². The van der Waals surface area contributed by atoms with E-state index in [9.17, 15) is 68.1 Å². The maximum Gasteiger partial charge on any atom is 0.303 e. The number of nitrogens with two attached hydrogens (primary N) is 5. The molecular weight excluding hydrogens is 1040 g/mol. The van der Waals surface area contributed by atoms with Gasteiger partial charge >= 0.3 is 5.97 Å². The van der Waals surface area contributed by atoms with Gasteiger partial charge in [-0.1, -0.05) is 84.0 Å². The first-order valence-corrected chi connectivity index (χ1v) is 28.3. The Morgan fingerprint density at radius 2 is 0.925 bits per heavy atom. The molecule has 18 N–H and O–H groups in total. The summed E-state index contributed by atoms with van der Waals surface area (Å²) in [5, 5.41) is 42.3. The van der Waals surface area contributed by atoms with Crippen molar-refractivity contribution in [3.63, 3.8) is 0 Å². The largest absolute Gasteiger partial charge is 0.481 e. The van der Waals surface area contributed by atoms with Crippen molar-refractivity contribution in [3.8, 4) is 0 Å². The van der Waals surface area contributed by atoms with E-state index in [2.05, 4.69) is 43.5 Å². The van der Waals surface area contributed by atoms with Gasteiger partial charge in [-0.15, -0.1) is 0 Å². The zero-order valence-corrected chi connectivity index (χ0v) is 47.7. The Labute approximate surface area is 470 Å². The Morgan fingerprint density at radius 1 is 0.475 bits per heavy atom. The number of aliphatic carboxylic acids is 1. The smallest absolute Gasteiger partial charge is 0.303 e. The van der Waals surface area contributed by atoms with Crippen LogP contribution in [-0.4, -0.2) is 149 Å². The third-order valence-electron chi connectivity index (χ3n) is 13.5. The molecule has 0 aromatic rings. The summed E-state index contributed by atoms with van der Waals surface area (Å²) in [6, 6.07) is -5.30. The lowest BCUT2D eigenvalue weighted by Crippen LogP contribution is -2.51. The molecule has 26 nitrogen and oxygen atoms in total. The number of ketones is 4. The molecule has 0 saturated carbocycles. The number of amides is 6. The number of unbranched alkanes of at least 4 members (excludes halogenated alkanes) is 12. The third kappa shape index (κ3) is 35.1. The number of aliphatic imine (C=N–C) groups is 2. The quantitative estimate of drug-likeness (QED) is 0.0224. The Morgan fingerprint density at radius 3 is 1.36 bits per heavy atom. The maximum absolute atomic E-state index is 13.9. The molecule has 26 heteroatoms. The van der Waals surface area contributed by atoms with Gasteiger partial charge in [0.2, 0.25) is 35.4 Å². The summed E-state index contributed by atoms with van der Waals surface area (Å²) < 4.78 is 0. The summed E-state index contributed by atoms with van der Waals surface area (Å²) in [7, 11) is 1.33. The summed E-state index contributed by atoms with van der Waals surface area (Å²) >= 11 is 0. The highest BCUT2D eigenvalue weighted by atomic mass is 16.4. The van der Waals surface area contributed by atoms with Gasteiger partial charge in [-0.05, 0) is 52.4 Å². The molecule has 0 rings (SSSR count). The van der Waals surface area contributed by atoms with Gasteiger partial charge in [-0.3, -0.25) is 62.7 Å². The van der Waals surface area contributed by atoms with Crippen molar-refractivity contribution in [1.29, 1.82) is 0 Å². The van der Waals surface area contributed by atoms with Gasteiger partial charge in [-0.2, -0.15) is 0 Å². The fraction of sp³-hybridized carbons (Fsp3) is 0.759. The molecule has 456 valence electrons. The van der Waals surface area contributed by atoms with Crippen LogP contribution in [0.25, 0.3) is 0 Å². The Kier molecular flexibility index (Phi) is 39.7. The molecule has 0 aromatic carbocycles. The van der Waals surface area contributed by atoms with E-state index in [1.165, 1.54) is 65.3 Å². The average Bonchev–Trinajstić information content (AvgIpc) is 3.39. The summed E-state index contributed by atoms with van der Waals surface area (Å²) in [5.41, 5.74) is 27.1. The van der Waals surface area contributed by atoms with Crippen molar-refractivity contribution in [3.05, 3.63) is 0 Å². The molecule has 6 amide bonds. The highest BCUT2D eigenvalue weighted by Crippen LogP contribution is 2.20. The lowest BCUT2D eigenvalue weighted by Gasteiger charge is -2.26. The molecule has 0 aromatic heterocycles. The van der Waals surface area contributed by atoms with Crippen molar-refractivity contribution in [2.24, 2.45) is 56.4 Å². The van der Waals surface area contributed by atoms with Crippen molar-refractivity contribution < 1.29 is 68.1 Å². The van der Waals surface area contributed by atoms with Crippen molar-refractivity contribution in [2.45, 2.75) is 218 Å². The van der Waals surface area contributed by atoms with E-state index < -0.39 is 164 Å². The molecule has 0 unspecified atom stereocenters. The number of carboxylic acid groups (broad SMARTS) is 1. The Balaban J connectivity index is 5.94. The number of primary amides is 1. The molecule has 8 atom stereocenters. The van der Waals surface area contributed by atoms with Crippen LogP contribution in [0.1, 0.15) is 188 Å². The van der Waals surface area contributed by atoms with E-state index in [1.54, 1.807) is 0 Å². The number of hydrogen-bond acceptors (Lipinski definition) is 15. The summed E-state index contributed by atoms with van der Waals surface area (Å²) in [6.45, 7) is 4.23. The van der Waals surface area contributed by atoms with Crippen LogP contribution in [0, 0.1) is 17.8 Å². The van der Waals surface area contributed by atoms with Crippen LogP contribution in [-0.2, 0) is 52.7 Å². The number of carbonyl (C=O) groups excluding carboxylic acids is 10. The first-order valence-electron chi connectivity index (χ1n) is 28.3. The van der Waals surface area contributed by atoms with Crippen LogP contribution >= 0.6 is 0 Å². The molecule has 80 heavy (non-hydrogen) atoms. The van der Waals surface area contributed by atoms with E-state index in [4.69, 9.17) is 28.7 Å². The van der Waals surface area contributed by atoms with E-state index >= 15 is 0 Å². The fourth-order valence-corrected chi connectivity index (χ4v) is 8.79. The first-order chi connectivity index (χ1) is 37.9. The van der Waals surface area contributed by atoms with Crippen LogP contribution in [0.2, 0.25) is 0 Å². The van der Waals surface area contributed by atoms with Crippen LogP contribution in [0.4, 0.5) is 0 Å². The number of aliphatic hydroxyl groups is 2. The molecule has 0 saturated heterocycles. The number of nitrogens with one attached hydrogen (secondary N) is 5. The van der Waals surface area contributed by atoms with Crippen LogP contribution in [0.5, 0.6) is 0 Å². The predicted molar refractivity (Wildman–Crippen MR) is 301 cm³/mol. The zero-order valence-electron chi connectivity index (χ0n) is 47.7. The van der Waals surface area contributed by atoms with Gasteiger partial charge in [0, 0.05) is 77.4 Å². The topological polar surface area (TPSA) is 463 Å². The van der Waals surface area contributed by atoms with Crippen molar-refractivity contribution in [1.82, 2.24) is 26.6 Å². The molecule has 0 spiro atoms. The van der Waals surface area contributed by atoms with Crippen LogP contribution in [0.15, 0.2) is 9.98 Å². The van der Waals surface area contributed by atoms with E-state index in [0.717, 1.165) is 32.6 Å². The lowest BCUT2D eigenvalue weighted by atomic mass is 9.89. The van der Waals surface area contributed by atoms with E-state index in [-0.39, 0.29) is 63.5 Å². The second kappa shape index (κ2) is 43.3. The van der Waals surface area contributed by atoms with Gasteiger partial charge in [0.05, 0.1) is 42.7 Å². The first kappa shape index (κ1) is 73.4. The van der Waals surface area contributed by atoms with E-state index in [0.29, 0.717) is 6.42 Å². The number of aliphatic hydroxyl groups excluding tert-OH is 2. The van der Waals surface area contributed by atoms with Gasteiger partial charge in [0.15, 0.2) is 35.1 Å². The molecule has 0 aliphatic carbocycles. The fourth-order valence-electron chi connectivity index (χ4n) is 8.79. The number of carboxylic acids is 1. The standard InChI is InChI=1S/C54H96N12O14/c1-5-6-7-8-9-10-11-12-13-14-15-16-17-22-46(74)64-39(20-18-27-61-53(56)57)42(70)29-36(23-26-48(76)77)51(79)66-49(35(3)68)44(72)30-37(32-45(55)73)52(80)63-34(2)41(69)24-25-47(75)65-40(21-19-28-62-54(58)59)43(71)31-38(33-67)50(78)60-4/h34-40,49,67-68H,5-33H2,1-4H3,(H2,55,73)(H,60,78)(H,63,80)(H,64,74)(H,65,75)(H,66,79)(H,76,77)(H4,56,57,61)(H4,58,59,62)/t34-,35+,36+,37-,38-,39-,40-,49-/m0/s1. The van der Waals surface area contributed by atoms with Crippen molar-refractivity contribution in [2.75, 3.05) is 26.7 Å². The van der Waals surface area contributed by atoms with Crippen LogP contribution in [0.3, 0.4) is 0 Å². The second-order valence-electron chi connectivity index (χ2n) is 20.6. The second-order valence-corrected chi connectivity index (χ2v) is 20.6. The van der Waals surface area contributed by atoms with Gasteiger partial charge in [0.25, 0.3) is 0 Å². The average molecular weight is 1140 g/mol. The van der Waals surface area contributed by atoms with Gasteiger partial charge < -0.3 is 70.6 Å². The molecule has 0 fully saturated rings. The lowest BCUT2D eigenvalue weighted by molar-refractivity contribution is -0.139. The highest BCUT2D eigenvalue weighted by Gasteiger charge is 2.35. The SMILES string of the molecule is CCCCCCCCCCCCCCCC(=O)N[C@@H](CCCN=C(N)N)C(=O)C[C@@H](CCC(=O)O)C(=O)N[C@H](C(=O)C[C@@H](CC(N)=O)C(=O)N[C@@H](C)C(=O)CCC(=O)N[C@@H](CCCN=C(N)N)C(=O)C[C@@H](CO)C(=O)NC)[C@@H](C)O. The Bertz CT molecular complexity index is 2030. The number of guanidine groups is 2. The molecular formula is C54H96N12O14. The number of carbonyl (C=O) groups is 11. The minimum Gasteiger partial charge on any atom is -0.481 e. The molecule has 0 bridgehead atoms. The van der Waals surface area contributed by atoms with Crippen molar-refractivity contribution >= 4 is 76.5 Å². The molecule has 0 aliphatic heterocycles. The summed E-state index contributed by atoms with van der Waals surface area (Å²) in [5.74, 6) is -13.2. The molecule has 0 aliphatic rings. The third-order valence-corrected chi connectivity index (χ3v) is 13.5. The highest BCUT2D eigenvalue weighted by molar-refractivity contribution is 5.98. The summed E-state index contributed by atoms with van der Waals surface area (Å²) in [6.07, 6.45) is 9.30. The maximum atomic E-state index is 13.9. The number of rotatable bonds is 49. The molecule has 0 radical (unpaired) electrons. The zero-order chi connectivity index (χ0) is 60.6. The number of Topliss-reactive ketones (excluding diaryl/α,β-unsaturated/α-hetero) is 4. The normalized spacial score (nSPS) is 14.0. The minimum absolute atomic E-state index is 0.0444. The monoisotopic (exact) mass is 1140 g/mol. The molecule has 0 heterocycles. The predicted octanol–water partition coefficient (Wildman–Crippen LogP) is 0.469. The summed E-state index contributed by atoms with van der Waals surface area (Å²) in [4.78, 5) is 152. The number of hydrogen-bond donors (Lipinski definition) is 13. The minimum atomic E-state index is -1.75. The van der Waals surface area contributed by atoms with Crippen LogP contribution < -0.4 is 55.3 Å².